The second-order valence-corrected chi connectivity index (χ2v) is 4.28. The maximum atomic E-state index is 12.1. The molecule has 2 N–H and O–H groups in total. The van der Waals surface area contributed by atoms with Crippen molar-refractivity contribution in [3.8, 4) is 0 Å². The zero-order valence-electron chi connectivity index (χ0n) is 7.12. The monoisotopic (exact) mass is 241 g/mol. The van der Waals surface area contributed by atoms with Crippen LogP contribution in [0.4, 0.5) is 13.2 Å². The molecule has 0 bridgehead atoms. The smallest absolute Gasteiger partial charge is 0.302 e. The van der Waals surface area contributed by atoms with Crippen molar-refractivity contribution in [3.05, 3.63) is 29.8 Å². The highest BCUT2D eigenvalue weighted by Crippen LogP contribution is 2.29. The summed E-state index contributed by atoms with van der Waals surface area (Å²) in [5.74, 6) is 0. The minimum absolute atomic E-state index is 0.446. The molecule has 0 fully saturated rings. The van der Waals surface area contributed by atoms with Gasteiger partial charge in [0.2, 0.25) is 0 Å². The van der Waals surface area contributed by atoms with Crippen LogP contribution in [0.5, 0.6) is 0 Å². The Kier molecular flexibility index (Phi) is 3.03. The second kappa shape index (κ2) is 3.80. The summed E-state index contributed by atoms with van der Waals surface area (Å²) in [7, 11) is -4.12. The molecule has 1 rings (SSSR count). The van der Waals surface area contributed by atoms with Crippen LogP contribution < -0.4 is 4.89 Å². The SMILES string of the molecule is O=S(=O)(NO)c1ccc(C(F)(F)F)cc1. The Morgan fingerprint density at radius 1 is 1.13 bits per heavy atom. The van der Waals surface area contributed by atoms with Gasteiger partial charge >= 0.3 is 6.18 Å². The van der Waals surface area contributed by atoms with Gasteiger partial charge in [0.25, 0.3) is 10.0 Å². The van der Waals surface area contributed by atoms with E-state index in [0.717, 1.165) is 17.0 Å². The van der Waals surface area contributed by atoms with E-state index in [2.05, 4.69) is 0 Å². The first kappa shape index (κ1) is 12.0. The molecule has 0 aliphatic rings. The Bertz CT molecular complexity index is 438. The normalized spacial score (nSPS) is 12.8. The standard InChI is InChI=1S/C7H6F3NO3S/c8-7(9,10)5-1-3-6(4-2-5)15(13,14)11-12/h1-4,11-12H. The van der Waals surface area contributed by atoms with E-state index in [1.807, 2.05) is 0 Å². The third-order valence-electron chi connectivity index (χ3n) is 1.61. The Morgan fingerprint density at radius 3 is 1.93 bits per heavy atom. The summed E-state index contributed by atoms with van der Waals surface area (Å²) in [6.45, 7) is 0. The van der Waals surface area contributed by atoms with Gasteiger partial charge in [-0.3, -0.25) is 0 Å². The molecular weight excluding hydrogens is 235 g/mol. The summed E-state index contributed by atoms with van der Waals surface area (Å²) in [6, 6.07) is 2.73. The molecule has 1 aromatic carbocycles. The first-order valence-electron chi connectivity index (χ1n) is 3.60. The molecule has 0 radical (unpaired) electrons. The van der Waals surface area contributed by atoms with E-state index < -0.39 is 26.7 Å². The zero-order chi connectivity index (χ0) is 11.7. The van der Waals surface area contributed by atoms with E-state index >= 15 is 0 Å². The minimum atomic E-state index is -4.52. The summed E-state index contributed by atoms with van der Waals surface area (Å²) in [6.07, 6.45) is -4.52. The predicted molar refractivity (Wildman–Crippen MR) is 43.6 cm³/mol. The van der Waals surface area contributed by atoms with E-state index in [1.165, 1.54) is 0 Å². The van der Waals surface area contributed by atoms with Gasteiger partial charge in [-0.1, -0.05) is 4.89 Å². The Labute approximate surface area is 83.4 Å². The van der Waals surface area contributed by atoms with Crippen molar-refractivity contribution in [1.29, 1.82) is 0 Å². The van der Waals surface area contributed by atoms with Gasteiger partial charge in [0.15, 0.2) is 0 Å². The summed E-state index contributed by atoms with van der Waals surface area (Å²) < 4.78 is 58.1. The molecule has 15 heavy (non-hydrogen) atoms. The number of hydrogen-bond donors (Lipinski definition) is 2. The van der Waals surface area contributed by atoms with E-state index in [1.54, 1.807) is 0 Å². The predicted octanol–water partition coefficient (Wildman–Crippen LogP) is 1.37. The molecule has 0 unspecified atom stereocenters. The van der Waals surface area contributed by atoms with Crippen LogP contribution in [0, 0.1) is 0 Å². The number of nitrogens with one attached hydrogen (secondary N) is 1. The maximum absolute atomic E-state index is 12.1. The summed E-state index contributed by atoms with van der Waals surface area (Å²) in [5.41, 5.74) is -0.959. The van der Waals surface area contributed by atoms with Crippen molar-refractivity contribution in [1.82, 2.24) is 4.89 Å². The molecule has 84 valence electrons. The van der Waals surface area contributed by atoms with Gasteiger partial charge < -0.3 is 5.21 Å². The summed E-state index contributed by atoms with van der Waals surface area (Å²) in [4.78, 5) is 0.560. The third-order valence-corrected chi connectivity index (χ3v) is 2.75. The number of benzene rings is 1. The van der Waals surface area contributed by atoms with Crippen molar-refractivity contribution in [3.63, 3.8) is 0 Å². The average Bonchev–Trinajstić information content (AvgIpc) is 2.17. The lowest BCUT2D eigenvalue weighted by atomic mass is 10.2. The van der Waals surface area contributed by atoms with Crippen LogP contribution in [-0.4, -0.2) is 13.6 Å². The molecule has 0 aliphatic heterocycles. The third kappa shape index (κ3) is 2.67. The van der Waals surface area contributed by atoms with Crippen LogP contribution in [0.15, 0.2) is 29.2 Å². The number of halogens is 3. The Balaban J connectivity index is 3.12. The summed E-state index contributed by atoms with van der Waals surface area (Å²) in [5, 5.41) is 8.22. The lowest BCUT2D eigenvalue weighted by Gasteiger charge is -2.07. The molecule has 0 heterocycles. The first-order chi connectivity index (χ1) is 6.77. The topological polar surface area (TPSA) is 66.4 Å². The molecule has 0 saturated carbocycles. The number of rotatable bonds is 2. The van der Waals surface area contributed by atoms with Crippen molar-refractivity contribution in [2.24, 2.45) is 0 Å². The lowest BCUT2D eigenvalue weighted by molar-refractivity contribution is -0.137. The van der Waals surface area contributed by atoms with Crippen LogP contribution in [0.1, 0.15) is 5.56 Å². The van der Waals surface area contributed by atoms with E-state index in [9.17, 15) is 21.6 Å². The van der Waals surface area contributed by atoms with Crippen LogP contribution in [0.2, 0.25) is 0 Å². The van der Waals surface area contributed by atoms with Crippen LogP contribution in [-0.2, 0) is 16.2 Å². The number of alkyl halides is 3. The molecular formula is C7H6F3NO3S. The average molecular weight is 241 g/mol. The van der Waals surface area contributed by atoms with Crippen LogP contribution >= 0.6 is 0 Å². The lowest BCUT2D eigenvalue weighted by Crippen LogP contribution is -2.19. The second-order valence-electron chi connectivity index (χ2n) is 2.62. The molecule has 0 aliphatic carbocycles. The minimum Gasteiger partial charge on any atom is -0.302 e. The Morgan fingerprint density at radius 2 is 1.60 bits per heavy atom. The largest absolute Gasteiger partial charge is 0.416 e. The highest BCUT2D eigenvalue weighted by atomic mass is 32.2. The quantitative estimate of drug-likeness (QED) is 0.768. The van der Waals surface area contributed by atoms with Gasteiger partial charge in [0, 0.05) is 0 Å². The van der Waals surface area contributed by atoms with Crippen LogP contribution in [0.3, 0.4) is 0 Å². The number of sulfonamides is 1. The van der Waals surface area contributed by atoms with E-state index in [-0.39, 0.29) is 0 Å². The fraction of sp³-hybridized carbons (Fsp3) is 0.143. The van der Waals surface area contributed by atoms with Gasteiger partial charge in [0.05, 0.1) is 10.5 Å². The van der Waals surface area contributed by atoms with Crippen molar-refractivity contribution in [2.45, 2.75) is 11.1 Å². The number of hydrogen-bond acceptors (Lipinski definition) is 3. The first-order valence-corrected chi connectivity index (χ1v) is 5.09. The fourth-order valence-corrected chi connectivity index (χ4v) is 1.48. The van der Waals surface area contributed by atoms with Gasteiger partial charge in [-0.05, 0) is 24.3 Å². The van der Waals surface area contributed by atoms with Crippen molar-refractivity contribution >= 4 is 10.0 Å². The maximum Gasteiger partial charge on any atom is 0.416 e. The molecule has 0 aromatic heterocycles. The van der Waals surface area contributed by atoms with Crippen molar-refractivity contribution in [2.75, 3.05) is 0 Å². The molecule has 0 saturated heterocycles. The van der Waals surface area contributed by atoms with Crippen LogP contribution in [0.25, 0.3) is 0 Å². The molecule has 1 aromatic rings. The fourth-order valence-electron chi connectivity index (χ4n) is 0.876. The highest BCUT2D eigenvalue weighted by Gasteiger charge is 2.30. The van der Waals surface area contributed by atoms with Gasteiger partial charge in [-0.2, -0.15) is 13.2 Å². The van der Waals surface area contributed by atoms with E-state index in [0.29, 0.717) is 12.1 Å². The zero-order valence-corrected chi connectivity index (χ0v) is 7.93. The Hall–Kier alpha value is -1.12. The summed E-state index contributed by atoms with van der Waals surface area (Å²) >= 11 is 0. The van der Waals surface area contributed by atoms with E-state index in [4.69, 9.17) is 5.21 Å². The highest BCUT2D eigenvalue weighted by molar-refractivity contribution is 7.89. The van der Waals surface area contributed by atoms with Gasteiger partial charge in [-0.25, -0.2) is 8.42 Å². The molecule has 8 heteroatoms. The molecule has 0 spiro atoms. The molecule has 0 atom stereocenters. The van der Waals surface area contributed by atoms with Gasteiger partial charge in [0.1, 0.15) is 0 Å². The molecule has 4 nitrogen and oxygen atoms in total. The van der Waals surface area contributed by atoms with Gasteiger partial charge in [-0.15, -0.1) is 0 Å². The van der Waals surface area contributed by atoms with Crippen molar-refractivity contribution < 1.29 is 26.8 Å². The molecule has 0 amide bonds.